The van der Waals surface area contributed by atoms with Crippen molar-refractivity contribution in [3.8, 4) is 0 Å². The highest BCUT2D eigenvalue weighted by molar-refractivity contribution is 5.66. The predicted octanol–water partition coefficient (Wildman–Crippen LogP) is 2.66. The lowest BCUT2D eigenvalue weighted by Gasteiger charge is -2.42. The summed E-state index contributed by atoms with van der Waals surface area (Å²) in [4.78, 5) is 2.46. The van der Waals surface area contributed by atoms with Crippen LogP contribution in [0.2, 0.25) is 0 Å². The molecule has 2 heterocycles. The van der Waals surface area contributed by atoms with Gasteiger partial charge in [-0.2, -0.15) is 0 Å². The van der Waals surface area contributed by atoms with Crippen molar-refractivity contribution in [3.05, 3.63) is 41.1 Å². The standard InChI is InChI=1S/C26H40N4O3/c1-26(32,17-31)21-5-4-10-29(15-21)14-20-9-8-19(11-24(20)18-6-7-18)25-16-30(28(2)27-25)22-12-23(13-22)33-3/h8-9,11,16,18,21-23,27,31-32H,4-7,10,12-15,17H2,1-3H3/t21-,22?,23?,26+/m0/s1. The number of rotatable bonds is 8. The number of aliphatic hydroxyl groups excluding tert-OH is 1. The molecule has 5 rings (SSSR count). The van der Waals surface area contributed by atoms with Gasteiger partial charge in [0.25, 0.3) is 0 Å². The van der Waals surface area contributed by atoms with Crippen LogP contribution in [0.5, 0.6) is 0 Å². The first kappa shape index (κ1) is 23.1. The van der Waals surface area contributed by atoms with Gasteiger partial charge in [0.1, 0.15) is 0 Å². The highest BCUT2D eigenvalue weighted by Gasteiger charge is 2.38. The van der Waals surface area contributed by atoms with Gasteiger partial charge < -0.3 is 14.9 Å². The van der Waals surface area contributed by atoms with Crippen LogP contribution in [0.1, 0.15) is 68.1 Å². The number of nitrogens with zero attached hydrogens (tertiary/aromatic N) is 3. The summed E-state index contributed by atoms with van der Waals surface area (Å²) < 4.78 is 5.46. The number of nitrogens with one attached hydrogen (secondary N) is 1. The van der Waals surface area contributed by atoms with Crippen LogP contribution in [-0.2, 0) is 11.3 Å². The van der Waals surface area contributed by atoms with Crippen molar-refractivity contribution >= 4 is 5.70 Å². The lowest BCUT2D eigenvalue weighted by Crippen LogP contribution is -2.52. The molecule has 4 aliphatic rings. The van der Waals surface area contributed by atoms with Gasteiger partial charge in [-0.05, 0) is 75.1 Å². The summed E-state index contributed by atoms with van der Waals surface area (Å²) in [5.74, 6) is 0.796. The Morgan fingerprint density at radius 3 is 2.70 bits per heavy atom. The van der Waals surface area contributed by atoms with Crippen molar-refractivity contribution in [1.82, 2.24) is 20.5 Å². The molecule has 2 aliphatic carbocycles. The molecular formula is C26H40N4O3. The van der Waals surface area contributed by atoms with Crippen molar-refractivity contribution in [1.29, 1.82) is 0 Å². The monoisotopic (exact) mass is 456 g/mol. The van der Waals surface area contributed by atoms with Crippen molar-refractivity contribution < 1.29 is 14.9 Å². The minimum atomic E-state index is -0.996. The van der Waals surface area contributed by atoms with E-state index in [2.05, 4.69) is 51.9 Å². The Labute approximate surface area is 197 Å². The highest BCUT2D eigenvalue weighted by atomic mass is 16.5. The van der Waals surface area contributed by atoms with E-state index in [1.54, 1.807) is 14.0 Å². The Kier molecular flexibility index (Phi) is 6.44. The summed E-state index contributed by atoms with van der Waals surface area (Å²) in [5.41, 5.74) is 7.84. The van der Waals surface area contributed by atoms with Gasteiger partial charge in [-0.15, -0.1) is 5.12 Å². The molecule has 0 aromatic heterocycles. The van der Waals surface area contributed by atoms with E-state index >= 15 is 0 Å². The number of hydrazine groups is 2. The van der Waals surface area contributed by atoms with Gasteiger partial charge in [-0.1, -0.05) is 12.1 Å². The maximum Gasteiger partial charge on any atom is 0.0889 e. The van der Waals surface area contributed by atoms with Crippen LogP contribution in [-0.4, -0.2) is 76.8 Å². The molecule has 0 unspecified atom stereocenters. The van der Waals surface area contributed by atoms with Crippen LogP contribution in [0.15, 0.2) is 24.4 Å². The Morgan fingerprint density at radius 2 is 2.00 bits per heavy atom. The van der Waals surface area contributed by atoms with Gasteiger partial charge in [-0.3, -0.25) is 15.3 Å². The molecule has 0 radical (unpaired) electrons. The normalized spacial score (nSPS) is 30.5. The number of likely N-dealkylation sites (tertiary alicyclic amines) is 1. The molecule has 0 spiro atoms. The van der Waals surface area contributed by atoms with Crippen LogP contribution in [0.3, 0.4) is 0 Å². The topological polar surface area (TPSA) is 71.4 Å². The van der Waals surface area contributed by atoms with Crippen LogP contribution >= 0.6 is 0 Å². The van der Waals surface area contributed by atoms with E-state index in [0.29, 0.717) is 18.1 Å². The molecule has 1 aromatic rings. The van der Waals surface area contributed by atoms with Crippen molar-refractivity contribution in [2.75, 3.05) is 33.9 Å². The second-order valence-corrected chi connectivity index (χ2v) is 10.8. The third-order valence-corrected chi connectivity index (χ3v) is 8.24. The molecule has 0 bridgehead atoms. The maximum atomic E-state index is 10.6. The molecular weight excluding hydrogens is 416 g/mol. The van der Waals surface area contributed by atoms with Crippen LogP contribution in [0.4, 0.5) is 0 Å². The fourth-order valence-corrected chi connectivity index (χ4v) is 5.67. The lowest BCUT2D eigenvalue weighted by molar-refractivity contribution is -0.0862. The fourth-order valence-electron chi connectivity index (χ4n) is 5.67. The molecule has 2 aliphatic heterocycles. The Morgan fingerprint density at radius 1 is 1.21 bits per heavy atom. The second-order valence-electron chi connectivity index (χ2n) is 10.8. The van der Waals surface area contributed by atoms with Crippen molar-refractivity contribution in [2.24, 2.45) is 5.92 Å². The summed E-state index contributed by atoms with van der Waals surface area (Å²) in [6, 6.07) is 7.45. The molecule has 0 amide bonds. The molecule has 2 saturated carbocycles. The van der Waals surface area contributed by atoms with E-state index in [1.807, 2.05) is 0 Å². The van der Waals surface area contributed by atoms with Crippen LogP contribution in [0.25, 0.3) is 5.70 Å². The van der Waals surface area contributed by atoms with Gasteiger partial charge in [-0.25, -0.2) is 0 Å². The van der Waals surface area contributed by atoms with Gasteiger partial charge in [0, 0.05) is 44.9 Å². The number of piperidine rings is 1. The summed E-state index contributed by atoms with van der Waals surface area (Å²) in [7, 11) is 3.88. The summed E-state index contributed by atoms with van der Waals surface area (Å²) in [5, 5.41) is 24.6. The van der Waals surface area contributed by atoms with E-state index in [0.717, 1.165) is 51.0 Å². The Bertz CT molecular complexity index is 878. The lowest BCUT2D eigenvalue weighted by atomic mass is 9.83. The molecule has 7 heteroatoms. The number of methoxy groups -OCH3 is 1. The highest BCUT2D eigenvalue weighted by Crippen LogP contribution is 2.43. The number of hydrogen-bond acceptors (Lipinski definition) is 7. The van der Waals surface area contributed by atoms with E-state index in [4.69, 9.17) is 4.74 Å². The second kappa shape index (κ2) is 9.19. The zero-order valence-electron chi connectivity index (χ0n) is 20.3. The SMILES string of the molecule is COC1CC(N2C=C(c3ccc(CN4CCC[C@H]([C@](C)(O)CO)C4)c(C4CC4)c3)NN2C)C1. The van der Waals surface area contributed by atoms with Gasteiger partial charge >= 0.3 is 0 Å². The van der Waals surface area contributed by atoms with Gasteiger partial charge in [0.15, 0.2) is 0 Å². The van der Waals surface area contributed by atoms with Crippen molar-refractivity contribution in [3.63, 3.8) is 0 Å². The molecule has 7 nitrogen and oxygen atoms in total. The number of benzene rings is 1. The fraction of sp³-hybridized carbons (Fsp3) is 0.692. The molecule has 2 atom stereocenters. The zero-order valence-corrected chi connectivity index (χ0v) is 20.3. The van der Waals surface area contributed by atoms with E-state index in [1.165, 1.54) is 29.5 Å². The molecule has 1 aromatic carbocycles. The number of ether oxygens (including phenoxy) is 1. The molecule has 3 N–H and O–H groups in total. The number of hydrogen-bond donors (Lipinski definition) is 3. The Balaban J connectivity index is 1.30. The smallest absolute Gasteiger partial charge is 0.0889 e. The third-order valence-electron chi connectivity index (χ3n) is 8.24. The summed E-state index contributed by atoms with van der Waals surface area (Å²) in [6.45, 7) is 4.42. The summed E-state index contributed by atoms with van der Waals surface area (Å²) >= 11 is 0. The average Bonchev–Trinajstić information content (AvgIpc) is 3.56. The van der Waals surface area contributed by atoms with Crippen LogP contribution < -0.4 is 5.43 Å². The molecule has 182 valence electrons. The zero-order chi connectivity index (χ0) is 23.2. The minimum Gasteiger partial charge on any atom is -0.393 e. The molecule has 3 fully saturated rings. The van der Waals surface area contributed by atoms with E-state index in [9.17, 15) is 10.2 Å². The summed E-state index contributed by atoms with van der Waals surface area (Å²) in [6.07, 6.45) is 9.37. The molecule has 1 saturated heterocycles. The van der Waals surface area contributed by atoms with E-state index < -0.39 is 5.60 Å². The predicted molar refractivity (Wildman–Crippen MR) is 129 cm³/mol. The minimum absolute atomic E-state index is 0.124. The first-order valence-corrected chi connectivity index (χ1v) is 12.6. The number of aliphatic hydroxyl groups is 2. The van der Waals surface area contributed by atoms with Crippen molar-refractivity contribution in [2.45, 2.75) is 75.7 Å². The third kappa shape index (κ3) is 4.80. The van der Waals surface area contributed by atoms with Gasteiger partial charge in [0.2, 0.25) is 0 Å². The Hall–Kier alpha value is -1.64. The first-order valence-electron chi connectivity index (χ1n) is 12.6. The maximum absolute atomic E-state index is 10.6. The van der Waals surface area contributed by atoms with Gasteiger partial charge in [0.05, 0.1) is 30.1 Å². The quantitative estimate of drug-likeness (QED) is 0.556. The van der Waals surface area contributed by atoms with E-state index in [-0.39, 0.29) is 12.5 Å². The molecule has 33 heavy (non-hydrogen) atoms. The first-order chi connectivity index (χ1) is 15.9. The van der Waals surface area contributed by atoms with Crippen LogP contribution in [0, 0.1) is 5.92 Å². The largest absolute Gasteiger partial charge is 0.393 e. The average molecular weight is 457 g/mol.